The lowest BCUT2D eigenvalue weighted by Gasteiger charge is -2.36. The molecular weight excluding hydrogens is 276 g/mol. The van der Waals surface area contributed by atoms with Crippen LogP contribution in [0.2, 0.25) is 0 Å². The van der Waals surface area contributed by atoms with Crippen molar-refractivity contribution < 1.29 is 14.3 Å². The maximum Gasteiger partial charge on any atom is 0.350 e. The van der Waals surface area contributed by atoms with Crippen LogP contribution >= 0.6 is 11.3 Å². The Morgan fingerprint density at radius 2 is 1.85 bits per heavy atom. The first-order valence-corrected chi connectivity index (χ1v) is 7.17. The summed E-state index contributed by atoms with van der Waals surface area (Å²) in [7, 11) is 1.32. The van der Waals surface area contributed by atoms with Crippen molar-refractivity contribution in [3.8, 4) is 0 Å². The topological polar surface area (TPSA) is 81.4 Å². The Labute approximate surface area is 123 Å². The molecule has 1 heterocycles. The van der Waals surface area contributed by atoms with Crippen LogP contribution in [-0.2, 0) is 9.53 Å². The van der Waals surface area contributed by atoms with Crippen LogP contribution in [0.3, 0.4) is 0 Å². The second-order valence-corrected chi connectivity index (χ2v) is 6.79. The third-order valence-corrected chi connectivity index (χ3v) is 4.84. The van der Waals surface area contributed by atoms with E-state index in [0.29, 0.717) is 10.6 Å². The lowest BCUT2D eigenvalue weighted by Crippen LogP contribution is -2.53. The number of esters is 1. The van der Waals surface area contributed by atoms with Crippen LogP contribution < -0.4 is 11.1 Å². The van der Waals surface area contributed by atoms with E-state index in [9.17, 15) is 9.59 Å². The number of carbonyl (C=O) groups excluding carboxylic acids is 2. The van der Waals surface area contributed by atoms with Crippen LogP contribution in [0.15, 0.2) is 5.38 Å². The number of carbonyl (C=O) groups is 2. The highest BCUT2D eigenvalue weighted by molar-refractivity contribution is 7.12. The average Bonchev–Trinajstić information content (AvgIpc) is 2.68. The van der Waals surface area contributed by atoms with Crippen LogP contribution in [0, 0.1) is 12.3 Å². The maximum absolute atomic E-state index is 12.5. The third-order valence-electron chi connectivity index (χ3n) is 3.76. The molecule has 0 unspecified atom stereocenters. The molecule has 112 valence electrons. The van der Waals surface area contributed by atoms with E-state index in [4.69, 9.17) is 10.5 Å². The van der Waals surface area contributed by atoms with Crippen molar-refractivity contribution in [1.29, 1.82) is 0 Å². The molecule has 1 aromatic rings. The SMILES string of the molecule is COC(=O)c1scc(C)c1NC(=O)C(C)(C)C(C)(C)N. The minimum absolute atomic E-state index is 0.225. The molecule has 0 atom stereocenters. The van der Waals surface area contributed by atoms with Gasteiger partial charge in [-0.1, -0.05) is 0 Å². The maximum atomic E-state index is 12.5. The number of methoxy groups -OCH3 is 1. The highest BCUT2D eigenvalue weighted by Gasteiger charge is 2.41. The Hall–Kier alpha value is -1.40. The van der Waals surface area contributed by atoms with Crippen molar-refractivity contribution in [2.75, 3.05) is 12.4 Å². The van der Waals surface area contributed by atoms with Gasteiger partial charge in [0.15, 0.2) is 0 Å². The van der Waals surface area contributed by atoms with Gasteiger partial charge in [-0.3, -0.25) is 4.79 Å². The number of anilines is 1. The summed E-state index contributed by atoms with van der Waals surface area (Å²) in [5.74, 6) is -0.681. The molecule has 0 aromatic carbocycles. The zero-order valence-corrected chi connectivity index (χ0v) is 13.6. The van der Waals surface area contributed by atoms with E-state index in [-0.39, 0.29) is 5.91 Å². The molecule has 3 N–H and O–H groups in total. The summed E-state index contributed by atoms with van der Waals surface area (Å²) in [5.41, 5.74) is 5.92. The Morgan fingerprint density at radius 1 is 1.30 bits per heavy atom. The lowest BCUT2D eigenvalue weighted by molar-refractivity contribution is -0.126. The van der Waals surface area contributed by atoms with E-state index in [0.717, 1.165) is 5.56 Å². The average molecular weight is 298 g/mol. The summed E-state index contributed by atoms with van der Waals surface area (Å²) in [4.78, 5) is 24.5. The van der Waals surface area contributed by atoms with Gasteiger partial charge in [-0.2, -0.15) is 0 Å². The fraction of sp³-hybridized carbons (Fsp3) is 0.571. The van der Waals surface area contributed by atoms with E-state index < -0.39 is 16.9 Å². The van der Waals surface area contributed by atoms with Crippen LogP contribution in [-0.4, -0.2) is 24.5 Å². The number of nitrogens with two attached hydrogens (primary N) is 1. The summed E-state index contributed by atoms with van der Waals surface area (Å²) in [6.07, 6.45) is 0. The molecule has 1 aromatic heterocycles. The fourth-order valence-corrected chi connectivity index (χ4v) is 2.33. The van der Waals surface area contributed by atoms with Crippen molar-refractivity contribution in [3.63, 3.8) is 0 Å². The molecule has 0 aliphatic rings. The smallest absolute Gasteiger partial charge is 0.350 e. The third kappa shape index (κ3) is 3.02. The van der Waals surface area contributed by atoms with Crippen molar-refractivity contribution in [2.45, 2.75) is 40.2 Å². The number of hydrogen-bond donors (Lipinski definition) is 2. The van der Waals surface area contributed by atoms with Gasteiger partial charge in [0.1, 0.15) is 4.88 Å². The quantitative estimate of drug-likeness (QED) is 0.837. The number of nitrogens with one attached hydrogen (secondary N) is 1. The Morgan fingerprint density at radius 3 is 2.30 bits per heavy atom. The molecule has 5 nitrogen and oxygen atoms in total. The van der Waals surface area contributed by atoms with Crippen molar-refractivity contribution in [3.05, 3.63) is 15.8 Å². The first-order valence-electron chi connectivity index (χ1n) is 6.29. The molecule has 0 aliphatic carbocycles. The van der Waals surface area contributed by atoms with Gasteiger partial charge in [0.25, 0.3) is 0 Å². The van der Waals surface area contributed by atoms with E-state index in [1.807, 2.05) is 12.3 Å². The van der Waals surface area contributed by atoms with Gasteiger partial charge >= 0.3 is 5.97 Å². The molecule has 0 saturated heterocycles. The van der Waals surface area contributed by atoms with Crippen molar-refractivity contribution >= 4 is 28.9 Å². The van der Waals surface area contributed by atoms with Crippen molar-refractivity contribution in [1.82, 2.24) is 0 Å². The highest BCUT2D eigenvalue weighted by Crippen LogP contribution is 2.33. The molecule has 0 aliphatic heterocycles. The van der Waals surface area contributed by atoms with Crippen LogP contribution in [0.25, 0.3) is 0 Å². The van der Waals surface area contributed by atoms with Gasteiger partial charge < -0.3 is 15.8 Å². The van der Waals surface area contributed by atoms with Gasteiger partial charge in [0, 0.05) is 5.54 Å². The van der Waals surface area contributed by atoms with Crippen LogP contribution in [0.1, 0.15) is 42.9 Å². The highest BCUT2D eigenvalue weighted by atomic mass is 32.1. The van der Waals surface area contributed by atoms with E-state index >= 15 is 0 Å². The summed E-state index contributed by atoms with van der Waals surface area (Å²) in [6, 6.07) is 0. The Kier molecular flexibility index (Phi) is 4.61. The zero-order valence-electron chi connectivity index (χ0n) is 12.8. The molecular formula is C14H22N2O3S. The predicted molar refractivity (Wildman–Crippen MR) is 81.1 cm³/mol. The van der Waals surface area contributed by atoms with E-state index in [1.54, 1.807) is 27.7 Å². The predicted octanol–water partition coefficient (Wildman–Crippen LogP) is 2.55. The second-order valence-electron chi connectivity index (χ2n) is 5.92. The van der Waals surface area contributed by atoms with Crippen LogP contribution in [0.5, 0.6) is 0 Å². The molecule has 0 radical (unpaired) electrons. The largest absolute Gasteiger partial charge is 0.465 e. The number of thiophene rings is 1. The number of aryl methyl sites for hydroxylation is 1. The molecule has 6 heteroatoms. The standard InChI is InChI=1S/C14H22N2O3S/c1-8-7-20-10(11(17)19-6)9(8)16-12(18)13(2,3)14(4,5)15/h7H,15H2,1-6H3,(H,16,18). The Balaban J connectivity index is 3.09. The minimum Gasteiger partial charge on any atom is -0.465 e. The number of amides is 1. The lowest BCUT2D eigenvalue weighted by atomic mass is 9.74. The first kappa shape index (κ1) is 16.7. The number of ether oxygens (including phenoxy) is 1. The zero-order chi connectivity index (χ0) is 15.7. The normalized spacial score (nSPS) is 12.2. The van der Waals surface area contributed by atoms with Gasteiger partial charge in [0.05, 0.1) is 18.2 Å². The van der Waals surface area contributed by atoms with Gasteiger partial charge in [0.2, 0.25) is 5.91 Å². The number of hydrogen-bond acceptors (Lipinski definition) is 5. The van der Waals surface area contributed by atoms with E-state index in [2.05, 4.69) is 5.32 Å². The summed E-state index contributed by atoms with van der Waals surface area (Å²) < 4.78 is 4.72. The van der Waals surface area contributed by atoms with Crippen molar-refractivity contribution in [2.24, 2.45) is 11.1 Å². The van der Waals surface area contributed by atoms with Gasteiger partial charge in [-0.15, -0.1) is 11.3 Å². The molecule has 0 saturated carbocycles. The second kappa shape index (κ2) is 5.54. The molecule has 20 heavy (non-hydrogen) atoms. The van der Waals surface area contributed by atoms with E-state index in [1.165, 1.54) is 18.4 Å². The summed E-state index contributed by atoms with van der Waals surface area (Å²) in [5, 5.41) is 4.62. The molecule has 0 fully saturated rings. The number of rotatable bonds is 4. The summed E-state index contributed by atoms with van der Waals surface area (Å²) in [6.45, 7) is 8.99. The molecule has 1 rings (SSSR count). The first-order chi connectivity index (χ1) is 9.02. The fourth-order valence-electron chi connectivity index (χ4n) is 1.40. The molecule has 0 bridgehead atoms. The summed E-state index contributed by atoms with van der Waals surface area (Å²) >= 11 is 1.25. The Bertz CT molecular complexity index is 527. The van der Waals surface area contributed by atoms with Crippen LogP contribution in [0.4, 0.5) is 5.69 Å². The molecule has 1 amide bonds. The van der Waals surface area contributed by atoms with Gasteiger partial charge in [-0.05, 0) is 45.6 Å². The minimum atomic E-state index is -0.783. The monoisotopic (exact) mass is 298 g/mol. The van der Waals surface area contributed by atoms with Gasteiger partial charge in [-0.25, -0.2) is 4.79 Å². The molecule has 0 spiro atoms.